The highest BCUT2D eigenvalue weighted by Gasteiger charge is 2.23. The number of thiazole rings is 1. The number of carbonyl (C=O) groups is 1. The predicted octanol–water partition coefficient (Wildman–Crippen LogP) is 5.45. The SMILES string of the molecule is CCCNC(=O)c1cnc(Oc2ccc3c(c2)CCC(c2ccccc2C)O3)s1. The average Bonchev–Trinajstić information content (AvgIpc) is 3.20. The molecule has 4 rings (SSSR count). The van der Waals surface area contributed by atoms with E-state index in [-0.39, 0.29) is 12.0 Å². The van der Waals surface area contributed by atoms with Crippen molar-refractivity contribution in [1.29, 1.82) is 0 Å². The van der Waals surface area contributed by atoms with E-state index in [1.807, 2.05) is 25.1 Å². The summed E-state index contributed by atoms with van der Waals surface area (Å²) in [6.07, 6.45) is 4.39. The Morgan fingerprint density at radius 3 is 3.00 bits per heavy atom. The van der Waals surface area contributed by atoms with Crippen LogP contribution in [0.1, 0.15) is 52.2 Å². The summed E-state index contributed by atoms with van der Waals surface area (Å²) in [5, 5.41) is 3.31. The number of benzene rings is 2. The van der Waals surface area contributed by atoms with Crippen molar-refractivity contribution in [1.82, 2.24) is 10.3 Å². The molecular formula is C23H24N2O3S. The molecule has 1 amide bonds. The minimum atomic E-state index is -0.111. The van der Waals surface area contributed by atoms with Gasteiger partial charge in [-0.2, -0.15) is 0 Å². The van der Waals surface area contributed by atoms with Crippen molar-refractivity contribution in [2.75, 3.05) is 6.54 Å². The molecule has 6 heteroatoms. The first-order valence-electron chi connectivity index (χ1n) is 9.91. The van der Waals surface area contributed by atoms with Gasteiger partial charge in [-0.25, -0.2) is 4.98 Å². The molecule has 150 valence electrons. The van der Waals surface area contributed by atoms with Gasteiger partial charge >= 0.3 is 0 Å². The van der Waals surface area contributed by atoms with Gasteiger partial charge in [0.1, 0.15) is 22.5 Å². The van der Waals surface area contributed by atoms with Crippen LogP contribution in [-0.4, -0.2) is 17.4 Å². The fourth-order valence-electron chi connectivity index (χ4n) is 3.43. The number of fused-ring (bicyclic) bond motifs is 1. The maximum atomic E-state index is 12.0. The Balaban J connectivity index is 1.44. The molecule has 2 heterocycles. The van der Waals surface area contributed by atoms with Gasteiger partial charge in [0.25, 0.3) is 11.1 Å². The Bertz CT molecular complexity index is 1010. The Kier molecular flexibility index (Phi) is 5.81. The van der Waals surface area contributed by atoms with E-state index in [0.717, 1.165) is 30.6 Å². The van der Waals surface area contributed by atoms with E-state index in [1.165, 1.54) is 22.5 Å². The standard InChI is InChI=1S/C23H24N2O3S/c1-3-12-24-22(26)21-14-25-23(29-21)27-17-9-11-19-16(13-17)8-10-20(28-19)18-7-5-4-6-15(18)2/h4-7,9,11,13-14,20H,3,8,10,12H2,1-2H3,(H,24,26). The molecule has 0 aliphatic carbocycles. The van der Waals surface area contributed by atoms with Gasteiger partial charge in [0.05, 0.1) is 6.20 Å². The summed E-state index contributed by atoms with van der Waals surface area (Å²) >= 11 is 1.25. The van der Waals surface area contributed by atoms with Crippen molar-refractivity contribution in [2.45, 2.75) is 39.2 Å². The number of amides is 1. The lowest BCUT2D eigenvalue weighted by Crippen LogP contribution is -2.22. The summed E-state index contributed by atoms with van der Waals surface area (Å²) in [6, 6.07) is 14.2. The monoisotopic (exact) mass is 408 g/mol. The second-order valence-electron chi connectivity index (χ2n) is 7.12. The lowest BCUT2D eigenvalue weighted by atomic mass is 9.95. The Labute approximate surface area is 174 Å². The molecule has 1 N–H and O–H groups in total. The smallest absolute Gasteiger partial charge is 0.279 e. The first-order chi connectivity index (χ1) is 14.1. The number of rotatable bonds is 6. The van der Waals surface area contributed by atoms with E-state index in [1.54, 1.807) is 6.20 Å². The van der Waals surface area contributed by atoms with Gasteiger partial charge in [-0.15, -0.1) is 0 Å². The lowest BCUT2D eigenvalue weighted by Gasteiger charge is -2.27. The van der Waals surface area contributed by atoms with Crippen LogP contribution in [0.5, 0.6) is 16.7 Å². The largest absolute Gasteiger partial charge is 0.485 e. The number of carbonyl (C=O) groups excluding carboxylic acids is 1. The molecule has 0 fully saturated rings. The molecule has 1 aliphatic heterocycles. The van der Waals surface area contributed by atoms with Crippen molar-refractivity contribution in [3.63, 3.8) is 0 Å². The number of aryl methyl sites for hydroxylation is 2. The van der Waals surface area contributed by atoms with Gasteiger partial charge in [0.2, 0.25) is 0 Å². The molecule has 2 aromatic carbocycles. The van der Waals surface area contributed by atoms with E-state index >= 15 is 0 Å². The lowest BCUT2D eigenvalue weighted by molar-refractivity contribution is 0.0957. The van der Waals surface area contributed by atoms with Crippen LogP contribution in [0.2, 0.25) is 0 Å². The summed E-state index contributed by atoms with van der Waals surface area (Å²) in [5.41, 5.74) is 3.63. The molecule has 1 aliphatic rings. The third kappa shape index (κ3) is 4.43. The second kappa shape index (κ2) is 8.66. The fraction of sp³-hybridized carbons (Fsp3) is 0.304. The molecule has 3 aromatic rings. The molecular weight excluding hydrogens is 384 g/mol. The summed E-state index contributed by atoms with van der Waals surface area (Å²) in [7, 11) is 0. The zero-order valence-corrected chi connectivity index (χ0v) is 17.4. The Morgan fingerprint density at radius 1 is 1.31 bits per heavy atom. The Morgan fingerprint density at radius 2 is 2.17 bits per heavy atom. The van der Waals surface area contributed by atoms with Crippen molar-refractivity contribution in [3.05, 3.63) is 70.2 Å². The van der Waals surface area contributed by atoms with Crippen molar-refractivity contribution in [3.8, 4) is 16.7 Å². The third-order valence-electron chi connectivity index (χ3n) is 4.96. The molecule has 29 heavy (non-hydrogen) atoms. The fourth-order valence-corrected chi connectivity index (χ4v) is 4.13. The molecule has 0 bridgehead atoms. The molecule has 0 spiro atoms. The third-order valence-corrected chi connectivity index (χ3v) is 5.84. The average molecular weight is 409 g/mol. The zero-order chi connectivity index (χ0) is 20.2. The highest BCUT2D eigenvalue weighted by atomic mass is 32.1. The number of ether oxygens (including phenoxy) is 2. The minimum Gasteiger partial charge on any atom is -0.485 e. The number of hydrogen-bond acceptors (Lipinski definition) is 5. The maximum Gasteiger partial charge on any atom is 0.279 e. The van der Waals surface area contributed by atoms with Crippen molar-refractivity contribution in [2.24, 2.45) is 0 Å². The van der Waals surface area contributed by atoms with Crippen LogP contribution < -0.4 is 14.8 Å². The second-order valence-corrected chi connectivity index (χ2v) is 8.11. The molecule has 0 saturated heterocycles. The summed E-state index contributed by atoms with van der Waals surface area (Å²) in [4.78, 5) is 16.8. The highest BCUT2D eigenvalue weighted by molar-refractivity contribution is 7.15. The van der Waals surface area contributed by atoms with Crippen LogP contribution in [0, 0.1) is 6.92 Å². The molecule has 0 radical (unpaired) electrons. The van der Waals surface area contributed by atoms with E-state index < -0.39 is 0 Å². The normalized spacial score (nSPS) is 15.3. The van der Waals surface area contributed by atoms with Crippen LogP contribution in [0.25, 0.3) is 0 Å². The number of hydrogen-bond donors (Lipinski definition) is 1. The summed E-state index contributed by atoms with van der Waals surface area (Å²) in [6.45, 7) is 4.79. The molecule has 1 unspecified atom stereocenters. The van der Waals surface area contributed by atoms with Gasteiger partial charge in [-0.05, 0) is 61.1 Å². The van der Waals surface area contributed by atoms with Gasteiger partial charge in [0.15, 0.2) is 0 Å². The maximum absolute atomic E-state index is 12.0. The van der Waals surface area contributed by atoms with Crippen LogP contribution in [0.3, 0.4) is 0 Å². The van der Waals surface area contributed by atoms with Crippen molar-refractivity contribution < 1.29 is 14.3 Å². The summed E-state index contributed by atoms with van der Waals surface area (Å²) in [5.74, 6) is 1.49. The topological polar surface area (TPSA) is 60.5 Å². The quantitative estimate of drug-likeness (QED) is 0.589. The van der Waals surface area contributed by atoms with Gasteiger partial charge < -0.3 is 14.8 Å². The first-order valence-corrected chi connectivity index (χ1v) is 10.7. The van der Waals surface area contributed by atoms with Crippen LogP contribution >= 0.6 is 11.3 Å². The van der Waals surface area contributed by atoms with Gasteiger partial charge in [-0.3, -0.25) is 4.79 Å². The number of nitrogens with zero attached hydrogens (tertiary/aromatic N) is 1. The van der Waals surface area contributed by atoms with Gasteiger partial charge in [0, 0.05) is 6.54 Å². The molecule has 1 atom stereocenters. The molecule has 1 aromatic heterocycles. The Hall–Kier alpha value is -2.86. The molecule has 5 nitrogen and oxygen atoms in total. The van der Waals surface area contributed by atoms with Crippen LogP contribution in [-0.2, 0) is 6.42 Å². The first kappa shape index (κ1) is 19.5. The number of aromatic nitrogens is 1. The summed E-state index contributed by atoms with van der Waals surface area (Å²) < 4.78 is 12.1. The van der Waals surface area contributed by atoms with E-state index in [9.17, 15) is 4.79 Å². The van der Waals surface area contributed by atoms with Crippen LogP contribution in [0.15, 0.2) is 48.7 Å². The highest BCUT2D eigenvalue weighted by Crippen LogP contribution is 2.38. The molecule has 0 saturated carbocycles. The minimum absolute atomic E-state index is 0.0821. The van der Waals surface area contributed by atoms with E-state index in [0.29, 0.717) is 22.4 Å². The van der Waals surface area contributed by atoms with E-state index in [4.69, 9.17) is 9.47 Å². The zero-order valence-electron chi connectivity index (χ0n) is 16.6. The van der Waals surface area contributed by atoms with Crippen molar-refractivity contribution >= 4 is 17.2 Å². The van der Waals surface area contributed by atoms with Crippen LogP contribution in [0.4, 0.5) is 0 Å². The predicted molar refractivity (Wildman–Crippen MR) is 114 cm³/mol. The number of nitrogens with one attached hydrogen (secondary N) is 1. The van der Waals surface area contributed by atoms with E-state index in [2.05, 4.69) is 41.5 Å². The van der Waals surface area contributed by atoms with Gasteiger partial charge in [-0.1, -0.05) is 42.5 Å².